The van der Waals surface area contributed by atoms with Crippen molar-refractivity contribution >= 4 is 21.9 Å². The maximum Gasteiger partial charge on any atom is 0.158 e. The quantitative estimate of drug-likeness (QED) is 0.707. The van der Waals surface area contributed by atoms with Crippen molar-refractivity contribution in [2.24, 2.45) is 0 Å². The van der Waals surface area contributed by atoms with Gasteiger partial charge in [0.05, 0.1) is 5.97 Å². The van der Waals surface area contributed by atoms with Crippen LogP contribution in [0.5, 0.6) is 0 Å². The molecule has 3 aromatic rings. The number of halogens is 1. The van der Waals surface area contributed by atoms with E-state index in [1.165, 1.54) is 0 Å². The first kappa shape index (κ1) is 16.5. The van der Waals surface area contributed by atoms with E-state index in [9.17, 15) is 9.90 Å². The Kier molecular flexibility index (Phi) is 5.13. The van der Waals surface area contributed by atoms with Crippen LogP contribution in [0.25, 0.3) is 11.3 Å². The first-order valence-electron chi connectivity index (χ1n) is 7.58. The van der Waals surface area contributed by atoms with E-state index in [0.29, 0.717) is 0 Å². The Morgan fingerprint density at radius 3 is 2.33 bits per heavy atom. The molecule has 122 valence electrons. The van der Waals surface area contributed by atoms with Crippen LogP contribution < -0.4 is 10.4 Å². The number of hydrogen-bond donors (Lipinski definition) is 1. The summed E-state index contributed by atoms with van der Waals surface area (Å²) in [6, 6.07) is 18.7. The SMILES string of the molecule is O=C([O-])c1ccc(C[NH2+]Cc2ccc(-c3ccc(Br)cc3)o2)cc1. The van der Waals surface area contributed by atoms with Gasteiger partial charge in [-0.05, 0) is 29.8 Å². The Labute approximate surface area is 148 Å². The van der Waals surface area contributed by atoms with E-state index in [-0.39, 0.29) is 5.56 Å². The third-order valence-corrected chi connectivity index (χ3v) is 4.23. The fourth-order valence-electron chi connectivity index (χ4n) is 2.41. The molecular formula is C19H16BrNO3. The highest BCUT2D eigenvalue weighted by Gasteiger charge is 2.06. The number of benzene rings is 2. The van der Waals surface area contributed by atoms with Crippen molar-refractivity contribution in [3.8, 4) is 11.3 Å². The van der Waals surface area contributed by atoms with Crippen molar-refractivity contribution in [1.82, 2.24) is 0 Å². The molecule has 24 heavy (non-hydrogen) atoms. The van der Waals surface area contributed by atoms with Crippen molar-refractivity contribution in [3.63, 3.8) is 0 Å². The van der Waals surface area contributed by atoms with Crippen molar-refractivity contribution in [3.05, 3.63) is 82.0 Å². The molecule has 0 fully saturated rings. The number of carbonyl (C=O) groups excluding carboxylic acids is 1. The minimum absolute atomic E-state index is 0.198. The van der Waals surface area contributed by atoms with Crippen LogP contribution in [-0.2, 0) is 13.1 Å². The lowest BCUT2D eigenvalue weighted by Gasteiger charge is -2.04. The fraction of sp³-hybridized carbons (Fsp3) is 0.105. The number of aromatic carboxylic acids is 1. The summed E-state index contributed by atoms with van der Waals surface area (Å²) in [7, 11) is 0. The van der Waals surface area contributed by atoms with E-state index in [4.69, 9.17) is 4.42 Å². The standard InChI is InChI=1S/C19H16BrNO3/c20-16-7-5-14(6-8-16)18-10-9-17(24-18)12-21-11-13-1-3-15(4-2-13)19(22)23/h1-10,21H,11-12H2,(H,22,23). The van der Waals surface area contributed by atoms with Crippen LogP contribution in [0.4, 0.5) is 0 Å². The zero-order valence-electron chi connectivity index (χ0n) is 12.9. The molecule has 5 heteroatoms. The fourth-order valence-corrected chi connectivity index (χ4v) is 2.68. The van der Waals surface area contributed by atoms with Gasteiger partial charge in [-0.15, -0.1) is 0 Å². The van der Waals surface area contributed by atoms with E-state index in [1.807, 2.05) is 36.4 Å². The average molecular weight is 386 g/mol. The molecule has 0 bridgehead atoms. The Balaban J connectivity index is 1.55. The largest absolute Gasteiger partial charge is 0.545 e. The van der Waals surface area contributed by atoms with Crippen LogP contribution in [0.1, 0.15) is 21.7 Å². The minimum Gasteiger partial charge on any atom is -0.545 e. The van der Waals surface area contributed by atoms with Gasteiger partial charge in [-0.25, -0.2) is 0 Å². The summed E-state index contributed by atoms with van der Waals surface area (Å²) in [4.78, 5) is 10.7. The molecule has 3 rings (SSSR count). The van der Waals surface area contributed by atoms with Gasteiger partial charge in [0.1, 0.15) is 18.8 Å². The molecule has 1 heterocycles. The molecule has 0 aliphatic rings. The molecule has 0 atom stereocenters. The van der Waals surface area contributed by atoms with Crippen molar-refractivity contribution in [1.29, 1.82) is 0 Å². The molecule has 0 aliphatic heterocycles. The second-order valence-electron chi connectivity index (χ2n) is 5.45. The highest BCUT2D eigenvalue weighted by atomic mass is 79.9. The maximum absolute atomic E-state index is 10.7. The molecule has 0 unspecified atom stereocenters. The second-order valence-corrected chi connectivity index (χ2v) is 6.37. The van der Waals surface area contributed by atoms with E-state index < -0.39 is 5.97 Å². The lowest BCUT2D eigenvalue weighted by atomic mass is 10.1. The van der Waals surface area contributed by atoms with Crippen molar-refractivity contribution in [2.45, 2.75) is 13.1 Å². The number of nitrogens with two attached hydrogens (primary N) is 1. The first-order valence-corrected chi connectivity index (χ1v) is 8.38. The number of hydrogen-bond acceptors (Lipinski definition) is 3. The summed E-state index contributed by atoms with van der Waals surface area (Å²) in [6.45, 7) is 1.47. The monoisotopic (exact) mass is 385 g/mol. The molecule has 2 N–H and O–H groups in total. The summed E-state index contributed by atoms with van der Waals surface area (Å²) in [5, 5.41) is 12.8. The van der Waals surface area contributed by atoms with Gasteiger partial charge < -0.3 is 19.6 Å². The second kappa shape index (κ2) is 7.47. The van der Waals surface area contributed by atoms with Gasteiger partial charge in [-0.3, -0.25) is 0 Å². The van der Waals surface area contributed by atoms with Crippen LogP contribution >= 0.6 is 15.9 Å². The van der Waals surface area contributed by atoms with Crippen LogP contribution in [-0.4, -0.2) is 5.97 Å². The lowest BCUT2D eigenvalue weighted by molar-refractivity contribution is -0.687. The Bertz CT molecular complexity index is 823. The zero-order chi connectivity index (χ0) is 16.9. The van der Waals surface area contributed by atoms with Crippen LogP contribution in [0.2, 0.25) is 0 Å². The van der Waals surface area contributed by atoms with E-state index >= 15 is 0 Å². The highest BCUT2D eigenvalue weighted by Crippen LogP contribution is 2.23. The molecule has 0 radical (unpaired) electrons. The molecule has 0 saturated carbocycles. The van der Waals surface area contributed by atoms with Gasteiger partial charge in [-0.1, -0.05) is 52.3 Å². The molecule has 4 nitrogen and oxygen atoms in total. The lowest BCUT2D eigenvalue weighted by Crippen LogP contribution is -2.80. The number of carboxylic acid groups (broad SMARTS) is 1. The Hall–Kier alpha value is -2.37. The normalized spacial score (nSPS) is 10.7. The minimum atomic E-state index is -1.15. The van der Waals surface area contributed by atoms with Gasteiger partial charge in [-0.2, -0.15) is 0 Å². The first-order chi connectivity index (χ1) is 11.6. The molecular weight excluding hydrogens is 370 g/mol. The molecule has 0 saturated heterocycles. The number of quaternary nitrogens is 1. The summed E-state index contributed by atoms with van der Waals surface area (Å²) in [5.74, 6) is 0.602. The van der Waals surface area contributed by atoms with Gasteiger partial charge in [0.2, 0.25) is 0 Å². The Morgan fingerprint density at radius 1 is 0.958 bits per heavy atom. The third kappa shape index (κ3) is 4.13. The van der Waals surface area contributed by atoms with Crippen molar-refractivity contribution in [2.75, 3.05) is 0 Å². The summed E-state index contributed by atoms with van der Waals surface area (Å²) < 4.78 is 6.90. The van der Waals surface area contributed by atoms with Crippen LogP contribution in [0, 0.1) is 0 Å². The third-order valence-electron chi connectivity index (χ3n) is 3.71. The van der Waals surface area contributed by atoms with E-state index in [2.05, 4.69) is 21.2 Å². The number of carbonyl (C=O) groups is 1. The smallest absolute Gasteiger partial charge is 0.158 e. The molecule has 1 aromatic heterocycles. The van der Waals surface area contributed by atoms with Gasteiger partial charge >= 0.3 is 0 Å². The van der Waals surface area contributed by atoms with E-state index in [1.54, 1.807) is 24.3 Å². The average Bonchev–Trinajstić information content (AvgIpc) is 3.05. The zero-order valence-corrected chi connectivity index (χ0v) is 14.5. The topological polar surface area (TPSA) is 69.9 Å². The Morgan fingerprint density at radius 2 is 1.67 bits per heavy atom. The number of rotatable bonds is 6. The van der Waals surface area contributed by atoms with Gasteiger partial charge in [0.15, 0.2) is 5.76 Å². The highest BCUT2D eigenvalue weighted by molar-refractivity contribution is 9.10. The van der Waals surface area contributed by atoms with Crippen LogP contribution in [0.15, 0.2) is 69.6 Å². The molecule has 2 aromatic carbocycles. The number of furan rings is 1. The summed E-state index contributed by atoms with van der Waals surface area (Å²) in [6.07, 6.45) is 0. The molecule has 0 spiro atoms. The van der Waals surface area contributed by atoms with Gasteiger partial charge in [0.25, 0.3) is 0 Å². The number of carboxylic acids is 1. The van der Waals surface area contributed by atoms with Gasteiger partial charge in [0, 0.05) is 15.6 Å². The summed E-state index contributed by atoms with van der Waals surface area (Å²) in [5.41, 5.74) is 2.30. The summed E-state index contributed by atoms with van der Waals surface area (Å²) >= 11 is 3.42. The van der Waals surface area contributed by atoms with E-state index in [0.717, 1.165) is 40.2 Å². The predicted molar refractivity (Wildman–Crippen MR) is 91.9 cm³/mol. The van der Waals surface area contributed by atoms with Crippen LogP contribution in [0.3, 0.4) is 0 Å². The van der Waals surface area contributed by atoms with Crippen molar-refractivity contribution < 1.29 is 19.6 Å². The molecule has 0 aliphatic carbocycles. The predicted octanol–water partition coefficient (Wildman–Crippen LogP) is 2.34. The maximum atomic E-state index is 10.7. The molecule has 0 amide bonds.